The summed E-state index contributed by atoms with van der Waals surface area (Å²) in [5.41, 5.74) is -0.260. The minimum atomic E-state index is -4.95. The maximum Gasteiger partial charge on any atom is 0.573 e. The van der Waals surface area contributed by atoms with Crippen LogP contribution >= 0.6 is 0 Å². The maximum atomic E-state index is 12.2. The minimum absolute atomic E-state index is 0.260. The van der Waals surface area contributed by atoms with Crippen LogP contribution in [0, 0.1) is 0 Å². The SMILES string of the molecule is O=C(CCNC(=O)OCC(F)(F)F)Nc1ccccc1OC(F)(F)F. The van der Waals surface area contributed by atoms with Crippen molar-refractivity contribution in [3.8, 4) is 5.75 Å². The number of hydrogen-bond acceptors (Lipinski definition) is 4. The van der Waals surface area contributed by atoms with E-state index in [4.69, 9.17) is 0 Å². The van der Waals surface area contributed by atoms with Gasteiger partial charge in [-0.3, -0.25) is 4.79 Å². The molecule has 2 N–H and O–H groups in total. The van der Waals surface area contributed by atoms with Gasteiger partial charge in [-0.05, 0) is 12.1 Å². The smallest absolute Gasteiger partial charge is 0.440 e. The van der Waals surface area contributed by atoms with Crippen molar-refractivity contribution < 1.29 is 45.4 Å². The number of nitrogens with one attached hydrogen (secondary N) is 2. The van der Waals surface area contributed by atoms with Crippen molar-refractivity contribution in [3.63, 3.8) is 0 Å². The predicted octanol–water partition coefficient (Wildman–Crippen LogP) is 3.20. The molecule has 0 spiro atoms. The molecule has 0 aliphatic carbocycles. The van der Waals surface area contributed by atoms with Crippen LogP contribution in [0.25, 0.3) is 0 Å². The Kier molecular flexibility index (Phi) is 6.88. The molecule has 0 radical (unpaired) electrons. The van der Waals surface area contributed by atoms with Gasteiger partial charge in [-0.25, -0.2) is 4.79 Å². The third-order valence-electron chi connectivity index (χ3n) is 2.38. The van der Waals surface area contributed by atoms with Gasteiger partial charge in [-0.1, -0.05) is 12.1 Å². The van der Waals surface area contributed by atoms with Crippen LogP contribution in [-0.2, 0) is 9.53 Å². The summed E-state index contributed by atoms with van der Waals surface area (Å²) in [5.74, 6) is -1.43. The minimum Gasteiger partial charge on any atom is -0.440 e. The fraction of sp³-hybridized carbons (Fsp3) is 0.385. The third kappa shape index (κ3) is 9.27. The van der Waals surface area contributed by atoms with Crippen LogP contribution in [0.15, 0.2) is 24.3 Å². The summed E-state index contributed by atoms with van der Waals surface area (Å²) >= 11 is 0. The maximum absolute atomic E-state index is 12.2. The average Bonchev–Trinajstić information content (AvgIpc) is 2.45. The van der Waals surface area contributed by atoms with Crippen molar-refractivity contribution in [2.75, 3.05) is 18.5 Å². The first-order valence-corrected chi connectivity index (χ1v) is 6.58. The Labute approximate surface area is 137 Å². The van der Waals surface area contributed by atoms with E-state index in [9.17, 15) is 35.9 Å². The normalized spacial score (nSPS) is 11.6. The number of alkyl halides is 6. The Morgan fingerprint density at radius 2 is 1.68 bits per heavy atom. The molecule has 0 saturated carbocycles. The lowest BCUT2D eigenvalue weighted by Gasteiger charge is -2.14. The van der Waals surface area contributed by atoms with Gasteiger partial charge in [-0.15, -0.1) is 13.2 Å². The Morgan fingerprint density at radius 3 is 2.28 bits per heavy atom. The molecule has 140 valence electrons. The molecule has 0 aromatic heterocycles. The van der Waals surface area contributed by atoms with Gasteiger partial charge in [0.05, 0.1) is 5.69 Å². The molecule has 0 atom stereocenters. The number of carbonyl (C=O) groups excluding carboxylic acids is 2. The van der Waals surface area contributed by atoms with Crippen molar-refractivity contribution in [1.29, 1.82) is 0 Å². The second kappa shape index (κ2) is 8.44. The molecule has 0 heterocycles. The second-order valence-corrected chi connectivity index (χ2v) is 4.46. The molecule has 0 aliphatic heterocycles. The summed E-state index contributed by atoms with van der Waals surface area (Å²) in [6, 6.07) is 4.75. The molecule has 2 amide bonds. The summed E-state index contributed by atoms with van der Waals surface area (Å²) in [4.78, 5) is 22.5. The van der Waals surface area contributed by atoms with E-state index in [0.29, 0.717) is 0 Å². The van der Waals surface area contributed by atoms with E-state index in [-0.39, 0.29) is 12.2 Å². The Hall–Kier alpha value is -2.66. The zero-order chi connectivity index (χ0) is 19.1. The number of rotatable bonds is 6. The molecule has 0 aliphatic rings. The van der Waals surface area contributed by atoms with E-state index in [1.54, 1.807) is 0 Å². The van der Waals surface area contributed by atoms with Gasteiger partial charge in [0.15, 0.2) is 12.4 Å². The Morgan fingerprint density at radius 1 is 1.04 bits per heavy atom. The van der Waals surface area contributed by atoms with E-state index in [0.717, 1.165) is 12.1 Å². The van der Waals surface area contributed by atoms with Crippen LogP contribution in [0.5, 0.6) is 5.75 Å². The van der Waals surface area contributed by atoms with Crippen LogP contribution in [0.1, 0.15) is 6.42 Å². The van der Waals surface area contributed by atoms with Gasteiger partial charge < -0.3 is 20.1 Å². The highest BCUT2D eigenvalue weighted by atomic mass is 19.4. The number of hydrogen-bond donors (Lipinski definition) is 2. The number of benzene rings is 1. The van der Waals surface area contributed by atoms with E-state index < -0.39 is 43.3 Å². The summed E-state index contributed by atoms with van der Waals surface area (Å²) in [6.07, 6.45) is -11.4. The van der Waals surface area contributed by atoms with Crippen molar-refractivity contribution >= 4 is 17.7 Å². The van der Waals surface area contributed by atoms with E-state index in [1.807, 2.05) is 5.32 Å². The fourth-order valence-electron chi connectivity index (χ4n) is 1.47. The number of ether oxygens (including phenoxy) is 2. The molecule has 1 aromatic rings. The van der Waals surface area contributed by atoms with Crippen LogP contribution in [0.4, 0.5) is 36.8 Å². The van der Waals surface area contributed by atoms with Crippen LogP contribution < -0.4 is 15.4 Å². The van der Waals surface area contributed by atoms with Gasteiger partial charge in [0, 0.05) is 13.0 Å². The number of halogens is 6. The van der Waals surface area contributed by atoms with Crippen molar-refractivity contribution in [3.05, 3.63) is 24.3 Å². The molecule has 0 saturated heterocycles. The molecule has 1 rings (SSSR count). The quantitative estimate of drug-likeness (QED) is 0.750. The largest absolute Gasteiger partial charge is 0.573 e. The topological polar surface area (TPSA) is 76.7 Å². The van der Waals surface area contributed by atoms with Gasteiger partial charge in [0.2, 0.25) is 5.91 Å². The summed E-state index contributed by atoms with van der Waals surface area (Å²) in [6.45, 7) is -2.17. The molecule has 0 unspecified atom stereocenters. The number of alkyl carbamates (subject to hydrolysis) is 1. The zero-order valence-corrected chi connectivity index (χ0v) is 12.3. The first-order chi connectivity index (χ1) is 11.5. The lowest BCUT2D eigenvalue weighted by atomic mass is 10.3. The van der Waals surface area contributed by atoms with Crippen molar-refractivity contribution in [1.82, 2.24) is 5.32 Å². The number of anilines is 1. The van der Waals surface area contributed by atoms with Crippen molar-refractivity contribution in [2.24, 2.45) is 0 Å². The summed E-state index contributed by atoms with van der Waals surface area (Å²) in [7, 11) is 0. The first kappa shape index (κ1) is 20.4. The van der Waals surface area contributed by atoms with Gasteiger partial charge in [0.1, 0.15) is 0 Å². The number of amides is 2. The highest BCUT2D eigenvalue weighted by Gasteiger charge is 2.32. The molecule has 12 heteroatoms. The van der Waals surface area contributed by atoms with E-state index in [2.05, 4.69) is 14.8 Å². The van der Waals surface area contributed by atoms with Crippen molar-refractivity contribution in [2.45, 2.75) is 19.0 Å². The molecule has 0 fully saturated rings. The number of carbonyl (C=O) groups is 2. The average molecular weight is 374 g/mol. The molecule has 0 bridgehead atoms. The van der Waals surface area contributed by atoms with Crippen LogP contribution in [0.2, 0.25) is 0 Å². The molecular formula is C13H12F6N2O4. The zero-order valence-electron chi connectivity index (χ0n) is 12.3. The van der Waals surface area contributed by atoms with Crippen LogP contribution in [-0.4, -0.2) is 37.7 Å². The monoisotopic (exact) mass is 374 g/mol. The predicted molar refractivity (Wildman–Crippen MR) is 71.8 cm³/mol. The lowest BCUT2D eigenvalue weighted by molar-refractivity contribution is -0.274. The first-order valence-electron chi connectivity index (χ1n) is 6.58. The highest BCUT2D eigenvalue weighted by molar-refractivity contribution is 5.92. The fourth-order valence-corrected chi connectivity index (χ4v) is 1.47. The third-order valence-corrected chi connectivity index (χ3v) is 2.38. The van der Waals surface area contributed by atoms with E-state index >= 15 is 0 Å². The summed E-state index contributed by atoms with van der Waals surface area (Å²) in [5, 5.41) is 4.02. The summed E-state index contributed by atoms with van der Waals surface area (Å²) < 4.78 is 79.7. The number of para-hydroxylation sites is 2. The lowest BCUT2D eigenvalue weighted by Crippen LogP contribution is -2.31. The van der Waals surface area contributed by atoms with Gasteiger partial charge in [-0.2, -0.15) is 13.2 Å². The van der Waals surface area contributed by atoms with E-state index in [1.165, 1.54) is 12.1 Å². The Balaban J connectivity index is 2.44. The molecule has 25 heavy (non-hydrogen) atoms. The second-order valence-electron chi connectivity index (χ2n) is 4.46. The molecule has 1 aromatic carbocycles. The standard InChI is InChI=1S/C13H12F6N2O4/c14-12(15,16)7-24-11(23)20-6-5-10(22)21-8-3-1-2-4-9(8)25-13(17,18)19/h1-4H,5-7H2,(H,20,23)(H,21,22). The van der Waals surface area contributed by atoms with Gasteiger partial charge in [0.25, 0.3) is 0 Å². The highest BCUT2D eigenvalue weighted by Crippen LogP contribution is 2.29. The molecular weight excluding hydrogens is 362 g/mol. The Bertz CT molecular complexity index is 603. The van der Waals surface area contributed by atoms with Gasteiger partial charge >= 0.3 is 18.6 Å². The molecule has 6 nitrogen and oxygen atoms in total. The van der Waals surface area contributed by atoms with Crippen LogP contribution in [0.3, 0.4) is 0 Å².